The molecule has 0 spiro atoms. The number of Topliss-reactive ketones (excluding diaryl/α,β-unsaturated/α-hetero) is 1. The first-order chi connectivity index (χ1) is 16.6. The fourth-order valence-corrected chi connectivity index (χ4v) is 4.48. The zero-order chi connectivity index (χ0) is 25.3. The number of nitrogens with zero attached hydrogens (tertiary/aromatic N) is 2. The average molecular weight is 471 g/mol. The number of ether oxygens (including phenoxy) is 1. The van der Waals surface area contributed by atoms with Crippen molar-refractivity contribution in [1.29, 1.82) is 0 Å². The molecule has 2 heterocycles. The summed E-state index contributed by atoms with van der Waals surface area (Å²) in [5.74, 6) is -0.888. The summed E-state index contributed by atoms with van der Waals surface area (Å²) in [5, 5.41) is 11.5. The Bertz CT molecular complexity index is 1310. The molecule has 6 nitrogen and oxygen atoms in total. The minimum Gasteiger partial charge on any atom is -0.507 e. The van der Waals surface area contributed by atoms with Crippen LogP contribution in [0.4, 0.5) is 5.69 Å². The molecule has 35 heavy (non-hydrogen) atoms. The van der Waals surface area contributed by atoms with Crippen LogP contribution >= 0.6 is 0 Å². The number of ketones is 1. The van der Waals surface area contributed by atoms with Gasteiger partial charge in [-0.05, 0) is 66.8 Å². The second kappa shape index (κ2) is 9.37. The van der Waals surface area contributed by atoms with E-state index in [1.807, 2.05) is 44.2 Å². The van der Waals surface area contributed by atoms with Crippen molar-refractivity contribution >= 4 is 23.1 Å². The number of aromatic nitrogens is 1. The quantitative estimate of drug-likeness (QED) is 0.293. The summed E-state index contributed by atoms with van der Waals surface area (Å²) in [5.41, 5.74) is 3.30. The van der Waals surface area contributed by atoms with Gasteiger partial charge in [-0.15, -0.1) is 0 Å². The standard InChI is InChI=1S/C29H30N2O4/c1-6-35-23-12-11-20(17-21(23)29(3,4)5)26(32)24-25(19-13-15-30-16-14-19)31(28(34)27(24)33)22-10-8-7-9-18(22)2/h7-17,25,32H,6H2,1-5H3/b26-24-. The summed E-state index contributed by atoms with van der Waals surface area (Å²) in [6.07, 6.45) is 3.23. The van der Waals surface area contributed by atoms with Crippen molar-refractivity contribution in [3.63, 3.8) is 0 Å². The van der Waals surface area contributed by atoms with Gasteiger partial charge >= 0.3 is 0 Å². The van der Waals surface area contributed by atoms with Gasteiger partial charge in [-0.1, -0.05) is 39.0 Å². The van der Waals surface area contributed by atoms with Crippen molar-refractivity contribution < 1.29 is 19.4 Å². The summed E-state index contributed by atoms with van der Waals surface area (Å²) in [4.78, 5) is 32.3. The van der Waals surface area contributed by atoms with Crippen LogP contribution in [-0.4, -0.2) is 28.4 Å². The van der Waals surface area contributed by atoms with Gasteiger partial charge < -0.3 is 9.84 Å². The molecule has 0 aliphatic carbocycles. The predicted octanol–water partition coefficient (Wildman–Crippen LogP) is 5.71. The Balaban J connectivity index is 1.95. The van der Waals surface area contributed by atoms with Crippen molar-refractivity contribution in [1.82, 2.24) is 4.98 Å². The molecule has 0 radical (unpaired) electrons. The van der Waals surface area contributed by atoms with Crippen molar-refractivity contribution in [2.45, 2.75) is 46.1 Å². The summed E-state index contributed by atoms with van der Waals surface area (Å²) in [7, 11) is 0. The molecule has 1 atom stereocenters. The van der Waals surface area contributed by atoms with Gasteiger partial charge in [0, 0.05) is 29.2 Å². The molecule has 6 heteroatoms. The lowest BCUT2D eigenvalue weighted by molar-refractivity contribution is -0.132. The first-order valence-corrected chi connectivity index (χ1v) is 11.7. The number of anilines is 1. The third-order valence-corrected chi connectivity index (χ3v) is 6.20. The third-order valence-electron chi connectivity index (χ3n) is 6.20. The van der Waals surface area contributed by atoms with Crippen LogP contribution in [0.25, 0.3) is 5.76 Å². The highest BCUT2D eigenvalue weighted by Gasteiger charge is 2.47. The maximum absolute atomic E-state index is 13.4. The normalized spacial score (nSPS) is 17.6. The van der Waals surface area contributed by atoms with Crippen molar-refractivity contribution in [2.24, 2.45) is 0 Å². The number of hydrogen-bond acceptors (Lipinski definition) is 5. The summed E-state index contributed by atoms with van der Waals surface area (Å²) >= 11 is 0. The Hall–Kier alpha value is -3.93. The van der Waals surface area contributed by atoms with E-state index in [0.717, 1.165) is 16.9 Å². The molecule has 1 unspecified atom stereocenters. The number of hydrogen-bond donors (Lipinski definition) is 1. The van der Waals surface area contributed by atoms with Gasteiger partial charge in [0.2, 0.25) is 0 Å². The Morgan fingerprint density at radius 3 is 2.37 bits per heavy atom. The van der Waals surface area contributed by atoms with E-state index in [9.17, 15) is 14.7 Å². The summed E-state index contributed by atoms with van der Waals surface area (Å²) in [6, 6.07) is 15.5. The van der Waals surface area contributed by atoms with E-state index in [1.165, 1.54) is 4.90 Å². The zero-order valence-electron chi connectivity index (χ0n) is 20.7. The number of rotatable bonds is 5. The second-order valence-corrected chi connectivity index (χ2v) is 9.63. The number of pyridine rings is 1. The van der Waals surface area contributed by atoms with Crippen molar-refractivity contribution in [2.75, 3.05) is 11.5 Å². The molecule has 1 aromatic heterocycles. The van der Waals surface area contributed by atoms with Crippen LogP contribution in [-0.2, 0) is 15.0 Å². The molecule has 1 aliphatic rings. The number of amides is 1. The minimum absolute atomic E-state index is 0.0495. The number of carbonyl (C=O) groups is 2. The van der Waals surface area contributed by atoms with Gasteiger partial charge in [-0.25, -0.2) is 0 Å². The van der Waals surface area contributed by atoms with Crippen LogP contribution in [0.3, 0.4) is 0 Å². The fourth-order valence-electron chi connectivity index (χ4n) is 4.48. The molecule has 1 N–H and O–H groups in total. The highest BCUT2D eigenvalue weighted by Crippen LogP contribution is 2.43. The van der Waals surface area contributed by atoms with Gasteiger partial charge in [-0.2, -0.15) is 0 Å². The number of aryl methyl sites for hydroxylation is 1. The number of aliphatic hydroxyl groups excluding tert-OH is 1. The first kappa shape index (κ1) is 24.2. The second-order valence-electron chi connectivity index (χ2n) is 9.63. The van der Waals surface area contributed by atoms with Crippen molar-refractivity contribution in [3.8, 4) is 5.75 Å². The number of benzene rings is 2. The Labute approximate surface area is 205 Å². The molecule has 2 aromatic carbocycles. The Morgan fingerprint density at radius 2 is 1.74 bits per heavy atom. The molecule has 1 amide bonds. The molecule has 1 fully saturated rings. The topological polar surface area (TPSA) is 79.7 Å². The third kappa shape index (κ3) is 4.44. The molecule has 3 aromatic rings. The number of carbonyl (C=O) groups excluding carboxylic acids is 2. The highest BCUT2D eigenvalue weighted by molar-refractivity contribution is 6.51. The Morgan fingerprint density at radius 1 is 1.06 bits per heavy atom. The van der Waals surface area contributed by atoms with E-state index in [1.54, 1.807) is 36.7 Å². The van der Waals surface area contributed by atoms with Gasteiger partial charge in [0.05, 0.1) is 18.2 Å². The maximum atomic E-state index is 13.4. The van der Waals surface area contributed by atoms with Gasteiger partial charge in [0.15, 0.2) is 0 Å². The molecule has 0 saturated carbocycles. The lowest BCUT2D eigenvalue weighted by atomic mass is 9.84. The summed E-state index contributed by atoms with van der Waals surface area (Å²) < 4.78 is 5.81. The van der Waals surface area contributed by atoms with E-state index < -0.39 is 17.7 Å². The van der Waals surface area contributed by atoms with Crippen LogP contribution in [0.5, 0.6) is 5.75 Å². The van der Waals surface area contributed by atoms with E-state index in [-0.39, 0.29) is 16.7 Å². The lowest BCUT2D eigenvalue weighted by Crippen LogP contribution is -2.30. The largest absolute Gasteiger partial charge is 0.507 e. The molecular formula is C29H30N2O4. The van der Waals surface area contributed by atoms with Gasteiger partial charge in [-0.3, -0.25) is 19.5 Å². The SMILES string of the molecule is CCOc1ccc(/C(O)=C2/C(=O)C(=O)N(c3ccccc3C)C2c2ccncc2)cc1C(C)(C)C. The van der Waals surface area contributed by atoms with Crippen molar-refractivity contribution in [3.05, 3.63) is 94.8 Å². The van der Waals surface area contributed by atoms with Crippen LogP contribution in [0, 0.1) is 6.92 Å². The van der Waals surface area contributed by atoms with Crippen LogP contribution in [0.1, 0.15) is 56.0 Å². The molecule has 4 rings (SSSR count). The number of para-hydroxylation sites is 1. The molecule has 1 saturated heterocycles. The van der Waals surface area contributed by atoms with Crippen LogP contribution in [0.2, 0.25) is 0 Å². The molecule has 1 aliphatic heterocycles. The van der Waals surface area contributed by atoms with E-state index >= 15 is 0 Å². The van der Waals surface area contributed by atoms with Crippen LogP contribution < -0.4 is 9.64 Å². The lowest BCUT2D eigenvalue weighted by Gasteiger charge is -2.27. The van der Waals surface area contributed by atoms with Crippen LogP contribution in [0.15, 0.2) is 72.6 Å². The molecule has 180 valence electrons. The monoisotopic (exact) mass is 470 g/mol. The maximum Gasteiger partial charge on any atom is 0.300 e. The Kier molecular flexibility index (Phi) is 6.48. The predicted molar refractivity (Wildman–Crippen MR) is 137 cm³/mol. The fraction of sp³-hybridized carbons (Fsp3) is 0.276. The van der Waals surface area contributed by atoms with Gasteiger partial charge in [0.1, 0.15) is 11.5 Å². The highest BCUT2D eigenvalue weighted by atomic mass is 16.5. The first-order valence-electron chi connectivity index (χ1n) is 11.7. The zero-order valence-corrected chi connectivity index (χ0v) is 20.7. The van der Waals surface area contributed by atoms with E-state index in [0.29, 0.717) is 23.4 Å². The average Bonchev–Trinajstić information content (AvgIpc) is 3.09. The number of aliphatic hydroxyl groups is 1. The van der Waals surface area contributed by atoms with E-state index in [4.69, 9.17) is 4.74 Å². The van der Waals surface area contributed by atoms with Gasteiger partial charge in [0.25, 0.3) is 11.7 Å². The minimum atomic E-state index is -0.788. The molecule has 0 bridgehead atoms. The smallest absolute Gasteiger partial charge is 0.300 e. The molecular weight excluding hydrogens is 440 g/mol. The van der Waals surface area contributed by atoms with E-state index in [2.05, 4.69) is 25.8 Å². The summed E-state index contributed by atoms with van der Waals surface area (Å²) in [6.45, 7) is 10.5.